The largest absolute Gasteiger partial charge is 0.370 e. The Morgan fingerprint density at radius 1 is 0.542 bits per heavy atom. The van der Waals surface area contributed by atoms with Crippen LogP contribution in [0.25, 0.3) is 0 Å². The molecule has 24 heavy (non-hydrogen) atoms. The van der Waals surface area contributed by atoms with Crippen LogP contribution in [0.2, 0.25) is 0 Å². The summed E-state index contributed by atoms with van der Waals surface area (Å²) in [5, 5.41) is 0. The Hall–Kier alpha value is -1.96. The lowest BCUT2D eigenvalue weighted by molar-refractivity contribution is 0.705. The van der Waals surface area contributed by atoms with Crippen LogP contribution >= 0.6 is 0 Å². The van der Waals surface area contributed by atoms with E-state index in [1.54, 1.807) is 0 Å². The van der Waals surface area contributed by atoms with E-state index in [-0.39, 0.29) is 0 Å². The second kappa shape index (κ2) is 9.36. The average molecular weight is 325 g/mol. The first-order chi connectivity index (χ1) is 11.6. The molecular weight excluding hydrogens is 292 g/mol. The lowest BCUT2D eigenvalue weighted by Crippen LogP contribution is -2.36. The third kappa shape index (κ3) is 5.30. The van der Waals surface area contributed by atoms with E-state index >= 15 is 0 Å². The molecule has 0 aromatic heterocycles. The number of rotatable bonds is 9. The number of benzene rings is 2. The van der Waals surface area contributed by atoms with Gasteiger partial charge in [-0.25, -0.2) is 0 Å². The van der Waals surface area contributed by atoms with Gasteiger partial charge in [0.25, 0.3) is 0 Å². The van der Waals surface area contributed by atoms with Crippen LogP contribution in [0, 0.1) is 13.8 Å². The fraction of sp³-hybridized carbons (Fsp3) is 0.455. The molecule has 0 unspecified atom stereocenters. The topological polar surface area (TPSA) is 6.48 Å². The SMILES string of the molecule is CCCN(CCN(CCC)c1ccc(C)cc1)c1ccc(C)cc1. The van der Waals surface area contributed by atoms with Crippen molar-refractivity contribution in [3.8, 4) is 0 Å². The summed E-state index contributed by atoms with van der Waals surface area (Å²) in [5.74, 6) is 0. The lowest BCUT2D eigenvalue weighted by Gasteiger charge is -2.30. The van der Waals surface area contributed by atoms with Gasteiger partial charge < -0.3 is 9.80 Å². The summed E-state index contributed by atoms with van der Waals surface area (Å²) >= 11 is 0. The summed E-state index contributed by atoms with van der Waals surface area (Å²) in [6.07, 6.45) is 2.35. The van der Waals surface area contributed by atoms with Crippen molar-refractivity contribution in [2.75, 3.05) is 36.0 Å². The highest BCUT2D eigenvalue weighted by Crippen LogP contribution is 2.18. The summed E-state index contributed by atoms with van der Waals surface area (Å²) in [4.78, 5) is 5.02. The minimum absolute atomic E-state index is 1.06. The molecule has 2 aromatic carbocycles. The minimum atomic E-state index is 1.06. The van der Waals surface area contributed by atoms with Crippen LogP contribution in [-0.4, -0.2) is 26.2 Å². The zero-order chi connectivity index (χ0) is 17.4. The molecule has 0 N–H and O–H groups in total. The van der Waals surface area contributed by atoms with E-state index in [0.29, 0.717) is 0 Å². The third-order valence-corrected chi connectivity index (χ3v) is 4.43. The van der Waals surface area contributed by atoms with E-state index in [1.165, 1.54) is 35.3 Å². The molecule has 0 amide bonds. The van der Waals surface area contributed by atoms with Gasteiger partial charge in [-0.2, -0.15) is 0 Å². The van der Waals surface area contributed by atoms with Crippen molar-refractivity contribution in [3.63, 3.8) is 0 Å². The molecule has 2 aromatic rings. The molecule has 0 bridgehead atoms. The fourth-order valence-corrected chi connectivity index (χ4v) is 3.03. The molecule has 0 fully saturated rings. The maximum atomic E-state index is 2.51. The summed E-state index contributed by atoms with van der Waals surface area (Å²) in [6.45, 7) is 13.1. The normalized spacial score (nSPS) is 10.7. The highest BCUT2D eigenvalue weighted by Gasteiger charge is 2.10. The first-order valence-electron chi connectivity index (χ1n) is 9.27. The van der Waals surface area contributed by atoms with Crippen molar-refractivity contribution in [2.45, 2.75) is 40.5 Å². The lowest BCUT2D eigenvalue weighted by atomic mass is 10.2. The Morgan fingerprint density at radius 2 is 0.875 bits per heavy atom. The van der Waals surface area contributed by atoms with Crippen LogP contribution < -0.4 is 9.80 Å². The van der Waals surface area contributed by atoms with Crippen molar-refractivity contribution in [3.05, 3.63) is 59.7 Å². The predicted molar refractivity (Wildman–Crippen MR) is 107 cm³/mol. The van der Waals surface area contributed by atoms with Gasteiger partial charge in [0.15, 0.2) is 0 Å². The second-order valence-corrected chi connectivity index (χ2v) is 6.65. The van der Waals surface area contributed by atoms with Gasteiger partial charge in [0, 0.05) is 37.6 Å². The molecule has 0 spiro atoms. The Labute approximate surface area is 148 Å². The smallest absolute Gasteiger partial charge is 0.0366 e. The monoisotopic (exact) mass is 324 g/mol. The van der Waals surface area contributed by atoms with E-state index < -0.39 is 0 Å². The molecule has 0 aliphatic heterocycles. The number of anilines is 2. The van der Waals surface area contributed by atoms with Gasteiger partial charge >= 0.3 is 0 Å². The molecule has 0 saturated carbocycles. The number of aryl methyl sites for hydroxylation is 2. The molecule has 0 saturated heterocycles. The van der Waals surface area contributed by atoms with Gasteiger partial charge in [0.05, 0.1) is 0 Å². The number of hydrogen-bond acceptors (Lipinski definition) is 2. The summed E-state index contributed by atoms with van der Waals surface area (Å²) in [6, 6.07) is 17.8. The van der Waals surface area contributed by atoms with Crippen molar-refractivity contribution in [1.29, 1.82) is 0 Å². The van der Waals surface area contributed by atoms with Crippen molar-refractivity contribution in [1.82, 2.24) is 0 Å². The van der Waals surface area contributed by atoms with E-state index in [1.807, 2.05) is 0 Å². The maximum absolute atomic E-state index is 2.51. The molecule has 0 aliphatic rings. The van der Waals surface area contributed by atoms with Crippen LogP contribution in [0.1, 0.15) is 37.8 Å². The molecule has 0 radical (unpaired) electrons. The molecular formula is C22H32N2. The van der Waals surface area contributed by atoms with Gasteiger partial charge in [-0.1, -0.05) is 49.2 Å². The Kier molecular flexibility index (Phi) is 7.17. The van der Waals surface area contributed by atoms with Crippen LogP contribution in [0.4, 0.5) is 11.4 Å². The van der Waals surface area contributed by atoms with E-state index in [0.717, 1.165) is 26.2 Å². The number of hydrogen-bond donors (Lipinski definition) is 0. The average Bonchev–Trinajstić information content (AvgIpc) is 2.59. The van der Waals surface area contributed by atoms with Gasteiger partial charge in [-0.15, -0.1) is 0 Å². The molecule has 0 aliphatic carbocycles. The summed E-state index contributed by atoms with van der Waals surface area (Å²) < 4.78 is 0. The number of nitrogens with zero attached hydrogens (tertiary/aromatic N) is 2. The Balaban J connectivity index is 2.06. The van der Waals surface area contributed by atoms with Crippen molar-refractivity contribution >= 4 is 11.4 Å². The first-order valence-corrected chi connectivity index (χ1v) is 9.27. The third-order valence-electron chi connectivity index (χ3n) is 4.43. The van der Waals surface area contributed by atoms with Crippen molar-refractivity contribution in [2.24, 2.45) is 0 Å². The van der Waals surface area contributed by atoms with Crippen LogP contribution in [-0.2, 0) is 0 Å². The maximum Gasteiger partial charge on any atom is 0.0366 e. The van der Waals surface area contributed by atoms with Gasteiger partial charge in [0.2, 0.25) is 0 Å². The standard InChI is InChI=1S/C22H32N2/c1-5-15-23(21-11-7-19(3)8-12-21)17-18-24(16-6-2)22-13-9-20(4)10-14-22/h7-14H,5-6,15-18H2,1-4H3. The summed E-state index contributed by atoms with van der Waals surface area (Å²) in [5.41, 5.74) is 5.32. The van der Waals surface area contributed by atoms with E-state index in [9.17, 15) is 0 Å². The second-order valence-electron chi connectivity index (χ2n) is 6.65. The predicted octanol–water partition coefficient (Wildman–Crippen LogP) is 5.44. The van der Waals surface area contributed by atoms with Gasteiger partial charge in [-0.05, 0) is 51.0 Å². The first kappa shape index (κ1) is 18.4. The molecule has 2 nitrogen and oxygen atoms in total. The zero-order valence-corrected chi connectivity index (χ0v) is 15.8. The highest BCUT2D eigenvalue weighted by molar-refractivity contribution is 5.50. The zero-order valence-electron chi connectivity index (χ0n) is 15.8. The van der Waals surface area contributed by atoms with Gasteiger partial charge in [-0.3, -0.25) is 0 Å². The van der Waals surface area contributed by atoms with E-state index in [2.05, 4.69) is 86.0 Å². The Morgan fingerprint density at radius 3 is 1.17 bits per heavy atom. The summed E-state index contributed by atoms with van der Waals surface area (Å²) in [7, 11) is 0. The molecule has 2 rings (SSSR count). The molecule has 2 heteroatoms. The highest BCUT2D eigenvalue weighted by atomic mass is 15.2. The quantitative estimate of drug-likeness (QED) is 0.606. The molecule has 0 atom stereocenters. The van der Waals surface area contributed by atoms with Crippen LogP contribution in [0.5, 0.6) is 0 Å². The fourth-order valence-electron chi connectivity index (χ4n) is 3.03. The van der Waals surface area contributed by atoms with Crippen molar-refractivity contribution < 1.29 is 0 Å². The molecule has 0 heterocycles. The van der Waals surface area contributed by atoms with E-state index in [4.69, 9.17) is 0 Å². The van der Waals surface area contributed by atoms with Crippen LogP contribution in [0.3, 0.4) is 0 Å². The van der Waals surface area contributed by atoms with Crippen LogP contribution in [0.15, 0.2) is 48.5 Å². The Bertz CT molecular complexity index is 531. The van der Waals surface area contributed by atoms with Gasteiger partial charge in [0.1, 0.15) is 0 Å². The molecule has 130 valence electrons. The minimum Gasteiger partial charge on any atom is -0.370 e.